The summed E-state index contributed by atoms with van der Waals surface area (Å²) in [6.45, 7) is 3.12. The van der Waals surface area contributed by atoms with Crippen molar-refractivity contribution >= 4 is 16.6 Å². The van der Waals surface area contributed by atoms with E-state index in [9.17, 15) is 0 Å². The Balaban J connectivity index is 1.82. The fourth-order valence-corrected chi connectivity index (χ4v) is 2.94. The van der Waals surface area contributed by atoms with Gasteiger partial charge in [-0.15, -0.1) is 0 Å². The van der Waals surface area contributed by atoms with Crippen molar-refractivity contribution in [2.75, 3.05) is 26.0 Å². The normalized spacial score (nSPS) is 16.6. The lowest BCUT2D eigenvalue weighted by Crippen LogP contribution is -2.36. The highest BCUT2D eigenvalue weighted by molar-refractivity contribution is 5.92. The summed E-state index contributed by atoms with van der Waals surface area (Å²) in [6, 6.07) is 9.09. The molecule has 1 N–H and O–H groups in total. The Morgan fingerprint density at radius 2 is 2.10 bits per heavy atom. The number of hydrogen-bond donors (Lipinski definition) is 1. The van der Waals surface area contributed by atoms with E-state index in [1.807, 2.05) is 6.20 Å². The predicted octanol–water partition coefficient (Wildman–Crippen LogP) is 3.30. The molecule has 1 atom stereocenters. The van der Waals surface area contributed by atoms with E-state index in [1.54, 1.807) is 0 Å². The van der Waals surface area contributed by atoms with Gasteiger partial charge in [-0.3, -0.25) is 4.98 Å². The number of pyridine rings is 1. The van der Waals surface area contributed by atoms with Crippen LogP contribution in [0.5, 0.6) is 0 Å². The Labute approximate surface area is 121 Å². The summed E-state index contributed by atoms with van der Waals surface area (Å²) in [5.74, 6) is 0.868. The summed E-state index contributed by atoms with van der Waals surface area (Å²) < 4.78 is 0. The van der Waals surface area contributed by atoms with Gasteiger partial charge in [0.05, 0.1) is 5.52 Å². The van der Waals surface area contributed by atoms with Gasteiger partial charge in [-0.1, -0.05) is 18.2 Å². The third-order valence-electron chi connectivity index (χ3n) is 4.30. The summed E-state index contributed by atoms with van der Waals surface area (Å²) in [5.41, 5.74) is 3.54. The molecule has 106 valence electrons. The highest BCUT2D eigenvalue weighted by Gasteiger charge is 2.32. The molecule has 2 aromatic rings. The Bertz CT molecular complexity index is 600. The molecule has 1 aromatic heterocycles. The van der Waals surface area contributed by atoms with E-state index in [4.69, 9.17) is 0 Å². The van der Waals surface area contributed by atoms with Crippen molar-refractivity contribution in [1.29, 1.82) is 0 Å². The maximum atomic E-state index is 4.50. The highest BCUT2D eigenvalue weighted by atomic mass is 15.1. The minimum Gasteiger partial charge on any atom is -0.383 e. The Kier molecular flexibility index (Phi) is 3.62. The van der Waals surface area contributed by atoms with Gasteiger partial charge < -0.3 is 10.2 Å². The van der Waals surface area contributed by atoms with Crippen molar-refractivity contribution in [3.63, 3.8) is 0 Å². The molecule has 1 aliphatic rings. The third-order valence-corrected chi connectivity index (χ3v) is 4.30. The first-order chi connectivity index (χ1) is 9.66. The summed E-state index contributed by atoms with van der Waals surface area (Å²) in [6.07, 6.45) is 4.65. The van der Waals surface area contributed by atoms with Gasteiger partial charge in [0.25, 0.3) is 0 Å². The molecule has 0 bridgehead atoms. The van der Waals surface area contributed by atoms with Crippen molar-refractivity contribution in [1.82, 2.24) is 9.88 Å². The van der Waals surface area contributed by atoms with E-state index in [2.05, 4.69) is 60.5 Å². The predicted molar refractivity (Wildman–Crippen MR) is 85.2 cm³/mol. The number of rotatable bonds is 5. The molecule has 3 nitrogen and oxygen atoms in total. The lowest BCUT2D eigenvalue weighted by atomic mass is 10.1. The minimum atomic E-state index is 0.628. The molecule has 1 unspecified atom stereocenters. The van der Waals surface area contributed by atoms with Gasteiger partial charge in [0.15, 0.2) is 0 Å². The van der Waals surface area contributed by atoms with E-state index >= 15 is 0 Å². The molecule has 0 radical (unpaired) electrons. The Hall–Kier alpha value is -1.61. The van der Waals surface area contributed by atoms with Gasteiger partial charge in [0.2, 0.25) is 0 Å². The SMILES string of the molecule is Cc1cccc2c(NCC(C3CC3)N(C)C)ccnc12. The van der Waals surface area contributed by atoms with E-state index in [1.165, 1.54) is 29.5 Å². The lowest BCUT2D eigenvalue weighted by molar-refractivity contribution is 0.276. The van der Waals surface area contributed by atoms with Crippen LogP contribution in [0.4, 0.5) is 5.69 Å². The van der Waals surface area contributed by atoms with Crippen LogP contribution in [0.3, 0.4) is 0 Å². The van der Waals surface area contributed by atoms with Crippen LogP contribution < -0.4 is 5.32 Å². The number of anilines is 1. The van der Waals surface area contributed by atoms with Gasteiger partial charge >= 0.3 is 0 Å². The second-order valence-electron chi connectivity index (χ2n) is 6.08. The van der Waals surface area contributed by atoms with Crippen molar-refractivity contribution in [3.8, 4) is 0 Å². The molecule has 0 amide bonds. The van der Waals surface area contributed by atoms with Crippen molar-refractivity contribution in [3.05, 3.63) is 36.0 Å². The molecule has 3 rings (SSSR count). The average Bonchev–Trinajstić information content (AvgIpc) is 3.24. The molecule has 0 aliphatic heterocycles. The molecular weight excluding hydrogens is 246 g/mol. The summed E-state index contributed by atoms with van der Waals surface area (Å²) in [7, 11) is 4.36. The second kappa shape index (κ2) is 5.41. The van der Waals surface area contributed by atoms with Crippen molar-refractivity contribution in [2.45, 2.75) is 25.8 Å². The van der Waals surface area contributed by atoms with E-state index in [0.717, 1.165) is 18.0 Å². The summed E-state index contributed by atoms with van der Waals surface area (Å²) in [4.78, 5) is 6.85. The smallest absolute Gasteiger partial charge is 0.0751 e. The fourth-order valence-electron chi connectivity index (χ4n) is 2.94. The van der Waals surface area contributed by atoms with Crippen LogP contribution >= 0.6 is 0 Å². The van der Waals surface area contributed by atoms with Crippen molar-refractivity contribution in [2.24, 2.45) is 5.92 Å². The quantitative estimate of drug-likeness (QED) is 0.902. The van der Waals surface area contributed by atoms with E-state index in [-0.39, 0.29) is 0 Å². The first kappa shape index (κ1) is 13.4. The van der Waals surface area contributed by atoms with Crippen molar-refractivity contribution < 1.29 is 0 Å². The molecule has 0 saturated heterocycles. The van der Waals surface area contributed by atoms with Gasteiger partial charge in [0.1, 0.15) is 0 Å². The number of benzene rings is 1. The maximum Gasteiger partial charge on any atom is 0.0751 e. The van der Waals surface area contributed by atoms with E-state index < -0.39 is 0 Å². The number of fused-ring (bicyclic) bond motifs is 1. The van der Waals surface area contributed by atoms with Crippen LogP contribution in [-0.4, -0.2) is 36.6 Å². The van der Waals surface area contributed by atoms with Crippen LogP contribution in [-0.2, 0) is 0 Å². The molecular formula is C17H23N3. The number of aromatic nitrogens is 1. The lowest BCUT2D eigenvalue weighted by Gasteiger charge is -2.25. The molecule has 1 aromatic carbocycles. The van der Waals surface area contributed by atoms with Crippen LogP contribution in [0.25, 0.3) is 10.9 Å². The number of nitrogens with zero attached hydrogens (tertiary/aromatic N) is 2. The first-order valence-corrected chi connectivity index (χ1v) is 7.41. The molecule has 1 aliphatic carbocycles. The average molecular weight is 269 g/mol. The highest BCUT2D eigenvalue weighted by Crippen LogP contribution is 2.35. The Morgan fingerprint density at radius 3 is 2.80 bits per heavy atom. The molecule has 0 spiro atoms. The molecule has 1 heterocycles. The number of hydrogen-bond acceptors (Lipinski definition) is 3. The zero-order chi connectivity index (χ0) is 14.1. The minimum absolute atomic E-state index is 0.628. The van der Waals surface area contributed by atoms with Crippen LogP contribution in [0.15, 0.2) is 30.5 Å². The number of nitrogens with one attached hydrogen (secondary N) is 1. The number of para-hydroxylation sites is 1. The van der Waals surface area contributed by atoms with Crippen LogP contribution in [0, 0.1) is 12.8 Å². The second-order valence-corrected chi connectivity index (χ2v) is 6.08. The first-order valence-electron chi connectivity index (χ1n) is 7.41. The number of aryl methyl sites for hydroxylation is 1. The Morgan fingerprint density at radius 1 is 1.30 bits per heavy atom. The van der Waals surface area contributed by atoms with Gasteiger partial charge in [-0.05, 0) is 51.4 Å². The van der Waals surface area contributed by atoms with Crippen LogP contribution in [0.2, 0.25) is 0 Å². The third kappa shape index (κ3) is 2.63. The van der Waals surface area contributed by atoms with Gasteiger partial charge in [0, 0.05) is 29.9 Å². The molecule has 1 saturated carbocycles. The maximum absolute atomic E-state index is 4.50. The zero-order valence-corrected chi connectivity index (χ0v) is 12.6. The number of likely N-dealkylation sites (N-methyl/N-ethyl adjacent to an activating group) is 1. The van der Waals surface area contributed by atoms with Crippen LogP contribution in [0.1, 0.15) is 18.4 Å². The van der Waals surface area contributed by atoms with Gasteiger partial charge in [-0.2, -0.15) is 0 Å². The summed E-state index contributed by atoms with van der Waals surface area (Å²) in [5, 5.41) is 4.86. The standard InChI is InChI=1S/C17H23N3/c1-12-5-4-6-14-15(9-10-18-17(12)14)19-11-16(20(2)3)13-7-8-13/h4-6,9-10,13,16H,7-8,11H2,1-3H3,(H,18,19). The van der Waals surface area contributed by atoms with Gasteiger partial charge in [-0.25, -0.2) is 0 Å². The zero-order valence-electron chi connectivity index (χ0n) is 12.6. The summed E-state index contributed by atoms with van der Waals surface area (Å²) >= 11 is 0. The fraction of sp³-hybridized carbons (Fsp3) is 0.471. The topological polar surface area (TPSA) is 28.2 Å². The van der Waals surface area contributed by atoms with E-state index in [0.29, 0.717) is 6.04 Å². The monoisotopic (exact) mass is 269 g/mol. The molecule has 20 heavy (non-hydrogen) atoms. The molecule has 3 heteroatoms. The largest absolute Gasteiger partial charge is 0.383 e. The molecule has 1 fully saturated rings.